The first-order chi connectivity index (χ1) is 57.1. The Morgan fingerprint density at radius 1 is 0.390 bits per heavy atom. The van der Waals surface area contributed by atoms with Crippen molar-refractivity contribution in [1.82, 2.24) is 30.6 Å². The number of nitrogen functional groups attached to an aromatic ring is 7. The number of ether oxygens (including phenoxy) is 2. The third kappa shape index (κ3) is 25.3. The normalized spacial score (nSPS) is 16.1. The summed E-state index contributed by atoms with van der Waals surface area (Å²) in [5.41, 5.74) is 66.9. The van der Waals surface area contributed by atoms with E-state index in [0.29, 0.717) is 45.5 Å². The van der Waals surface area contributed by atoms with E-state index >= 15 is 0 Å². The second kappa shape index (κ2) is 44.6. The van der Waals surface area contributed by atoms with Crippen LogP contribution in [0.5, 0.6) is 0 Å². The number of nitrogens with two attached hydrogens (primary N) is 7. The summed E-state index contributed by atoms with van der Waals surface area (Å²) in [7, 11) is 0. The number of fused-ring (bicyclic) bond motifs is 2. The molecule has 25 heteroatoms. The number of carbonyl (C=O) groups excluding carboxylic acids is 4. The summed E-state index contributed by atoms with van der Waals surface area (Å²) >= 11 is 0. The number of hydrogen-bond donors (Lipinski definition) is 9. The van der Waals surface area contributed by atoms with E-state index in [1.165, 1.54) is 60.8 Å². The molecule has 1 aliphatic heterocycles. The number of benzene rings is 9. The number of aryl methyl sites for hydroxylation is 6. The Morgan fingerprint density at radius 2 is 0.729 bits per heavy atom. The van der Waals surface area contributed by atoms with Gasteiger partial charge in [-0.25, -0.2) is 9.59 Å². The maximum Gasteiger partial charge on any atom is 0.412 e. The lowest BCUT2D eigenvalue weighted by Gasteiger charge is -2.38. The maximum atomic E-state index is 13.2. The van der Waals surface area contributed by atoms with Crippen molar-refractivity contribution in [3.63, 3.8) is 0 Å². The van der Waals surface area contributed by atoms with Crippen molar-refractivity contribution in [1.29, 1.82) is 10.8 Å². The van der Waals surface area contributed by atoms with E-state index in [4.69, 9.17) is 80.2 Å². The monoisotopic (exact) mass is 1580 g/mol. The second-order valence-corrected chi connectivity index (χ2v) is 29.5. The Morgan fingerprint density at radius 3 is 1.14 bits per heavy atom. The van der Waals surface area contributed by atoms with Crippen LogP contribution in [0.1, 0.15) is 146 Å². The van der Waals surface area contributed by atoms with E-state index in [1.807, 2.05) is 217 Å². The number of amides is 2. The fourth-order valence-electron chi connectivity index (χ4n) is 15.1. The lowest BCUT2D eigenvalue weighted by atomic mass is 9.71. The van der Waals surface area contributed by atoms with Crippen molar-refractivity contribution in [2.45, 2.75) is 156 Å². The summed E-state index contributed by atoms with van der Waals surface area (Å²) in [5, 5.41) is 52.8. The average Bonchev–Trinajstić information content (AvgIpc) is 0.768. The molecule has 4 unspecified atom stereocenters. The molecular weight excluding hydrogens is 1480 g/mol. The van der Waals surface area contributed by atoms with E-state index in [9.17, 15) is 9.59 Å². The van der Waals surface area contributed by atoms with Crippen LogP contribution in [-0.2, 0) is 31.9 Å². The van der Waals surface area contributed by atoms with Crippen molar-refractivity contribution in [3.05, 3.63) is 268 Å². The number of nitrogens with zero attached hydrogens (tertiary/aromatic N) is 10. The summed E-state index contributed by atoms with van der Waals surface area (Å²) in [6, 6.07) is 63.9. The Bertz CT molecular complexity index is 5120. The predicted octanol–water partition coefficient (Wildman–Crippen LogP) is 19.0. The van der Waals surface area contributed by atoms with E-state index in [0.717, 1.165) is 160 Å². The molecule has 2 amide bonds. The molecular formula is C93H105N19O6. The standard InChI is InChI=1S/C31H35N5O2.C22H24N4.C17H23NO2.C14H12N6.C8H11N.CO2.N2/c1-19-16-20(2)18-21(17-19)34-31(37)38-27-15-5-3-4-12-24-28(27)30(23-11-7-9-14-26(23)33)36-35-29(24)22-10-6-8-13-25(22)32;23-19-13-7-5-11-17(19)21-15-9-3-1-2-4-10-16(15)22(26-25-21)18-12-6-8-14-20(18)24;1-13-10-14(2)12-15(11-13)18-17(19)20-16-8-6-4-3-5-7-9-16;15-11-7-3-1-5-9(11)13-17-19-14(20-18-13)10-6-2-4-8-12(10)16;1-6-3-7(2)5-8(9)4-6;2-1-3;1-2/h6-11,13-14,16-18,24,27-28H,3-5,12,15,32-33H2,1-2H3,(H,34,37);5-8,11-14H,1-4,9-10,23-24H2;6,8,10-12,16H,3-5,7,9H2,1-2H3,(H,18,19);1-8H,15-16H2;3-5H,9H2,1-2H3;;/b;;8-6+;;;;. The Labute approximate surface area is 689 Å². The molecule has 608 valence electrons. The van der Waals surface area contributed by atoms with Crippen LogP contribution < -0.4 is 50.8 Å². The first-order valence-electron chi connectivity index (χ1n) is 39.7. The van der Waals surface area contributed by atoms with Gasteiger partial charge in [-0.05, 0) is 248 Å². The molecule has 118 heavy (non-hydrogen) atoms. The highest BCUT2D eigenvalue weighted by Crippen LogP contribution is 2.42. The van der Waals surface area contributed by atoms with Gasteiger partial charge >= 0.3 is 18.3 Å². The molecule has 9 aromatic carbocycles. The van der Waals surface area contributed by atoms with Gasteiger partial charge in [-0.1, -0.05) is 153 Å². The number of aromatic nitrogens is 6. The third-order valence-electron chi connectivity index (χ3n) is 20.3. The van der Waals surface area contributed by atoms with Crippen LogP contribution in [-0.4, -0.2) is 72.6 Å². The van der Waals surface area contributed by atoms with Crippen LogP contribution in [0.3, 0.4) is 0 Å². The molecule has 1 fully saturated rings. The maximum absolute atomic E-state index is 13.2. The number of para-hydroxylation sites is 6. The molecule has 11 aromatic rings. The largest absolute Gasteiger partial charge is 0.445 e. The fourth-order valence-corrected chi connectivity index (χ4v) is 15.1. The number of carbonyl (C=O) groups is 2. The van der Waals surface area contributed by atoms with Crippen LogP contribution >= 0.6 is 0 Å². The minimum absolute atomic E-state index is 0.0221. The minimum atomic E-state index is -0.469. The topological polar surface area (TPSA) is 443 Å². The van der Waals surface area contributed by atoms with Gasteiger partial charge in [0, 0.05) is 107 Å². The molecule has 15 rings (SSSR count). The molecule has 16 N–H and O–H groups in total. The molecule has 2 aromatic heterocycles. The lowest BCUT2D eigenvalue weighted by molar-refractivity contribution is -0.191. The second-order valence-electron chi connectivity index (χ2n) is 29.5. The van der Waals surface area contributed by atoms with Gasteiger partial charge in [0.25, 0.3) is 0 Å². The summed E-state index contributed by atoms with van der Waals surface area (Å²) in [5.74, 6) is 0.547. The third-order valence-corrected chi connectivity index (χ3v) is 20.3. The molecule has 3 heterocycles. The van der Waals surface area contributed by atoms with Gasteiger partial charge < -0.3 is 49.6 Å². The molecule has 0 radical (unpaired) electrons. The molecule has 4 aliphatic rings. The summed E-state index contributed by atoms with van der Waals surface area (Å²) in [6.07, 6.45) is 20.2. The number of allylic oxidation sites excluding steroid dienone is 1. The van der Waals surface area contributed by atoms with Crippen LogP contribution in [0.2, 0.25) is 0 Å². The van der Waals surface area contributed by atoms with Crippen molar-refractivity contribution in [2.24, 2.45) is 22.0 Å². The fraction of sp³-hybridized carbons (Fsp3) is 0.280. The summed E-state index contributed by atoms with van der Waals surface area (Å²) in [6.45, 7) is 12.1. The molecule has 1 saturated carbocycles. The van der Waals surface area contributed by atoms with Gasteiger partial charge in [0.15, 0.2) is 0 Å². The number of nitrogens with one attached hydrogen (secondary N) is 2. The van der Waals surface area contributed by atoms with Gasteiger partial charge in [0.2, 0.25) is 11.6 Å². The molecule has 0 bridgehead atoms. The Kier molecular flexibility index (Phi) is 33.3. The number of rotatable bonds is 10. The van der Waals surface area contributed by atoms with Gasteiger partial charge in [-0.3, -0.25) is 10.6 Å². The highest BCUT2D eigenvalue weighted by Gasteiger charge is 2.43. The van der Waals surface area contributed by atoms with Crippen molar-refractivity contribution < 1.29 is 28.7 Å². The van der Waals surface area contributed by atoms with Crippen LogP contribution in [0, 0.1) is 64.2 Å². The molecule has 4 atom stereocenters. The van der Waals surface area contributed by atoms with Crippen LogP contribution in [0.15, 0.2) is 223 Å². The number of hydrogen-bond acceptors (Lipinski definition) is 23. The highest BCUT2D eigenvalue weighted by molar-refractivity contribution is 6.15. The van der Waals surface area contributed by atoms with E-state index in [1.54, 1.807) is 12.1 Å². The van der Waals surface area contributed by atoms with Gasteiger partial charge in [-0.2, -0.15) is 19.8 Å². The van der Waals surface area contributed by atoms with Crippen molar-refractivity contribution in [3.8, 4) is 45.3 Å². The smallest absolute Gasteiger partial charge is 0.412 e. The molecule has 25 nitrogen and oxygen atoms in total. The zero-order chi connectivity index (χ0) is 84.5. The average molecular weight is 1580 g/mol. The Hall–Kier alpha value is -14.0. The zero-order valence-electron chi connectivity index (χ0n) is 67.8. The quantitative estimate of drug-likeness (QED) is 0.0349. The van der Waals surface area contributed by atoms with Gasteiger partial charge in [0.05, 0.1) is 22.8 Å². The first kappa shape index (κ1) is 88.0. The van der Waals surface area contributed by atoms with E-state index < -0.39 is 12.2 Å². The predicted molar refractivity (Wildman–Crippen MR) is 470 cm³/mol. The van der Waals surface area contributed by atoms with E-state index in [2.05, 4.69) is 65.5 Å². The van der Waals surface area contributed by atoms with Crippen molar-refractivity contribution in [2.75, 3.05) is 50.8 Å². The van der Waals surface area contributed by atoms with Crippen molar-refractivity contribution >= 4 is 80.9 Å². The van der Waals surface area contributed by atoms with Gasteiger partial charge in [-0.15, -0.1) is 30.6 Å². The van der Waals surface area contributed by atoms with Crippen LogP contribution in [0.25, 0.3) is 45.3 Å². The Balaban J connectivity index is 0.000000175. The minimum Gasteiger partial charge on any atom is -0.445 e. The summed E-state index contributed by atoms with van der Waals surface area (Å²) in [4.78, 5) is 41.4. The molecule has 3 aliphatic carbocycles. The zero-order valence-corrected chi connectivity index (χ0v) is 67.8. The first-order valence-corrected chi connectivity index (χ1v) is 39.7. The highest BCUT2D eigenvalue weighted by atomic mass is 16.6. The van der Waals surface area contributed by atoms with Gasteiger partial charge in [0.1, 0.15) is 12.2 Å². The number of anilines is 9. The SMILES string of the molecule is Cc1cc(C)cc(N)c1.Cc1cc(C)cc(NC(=O)OC2/C=C/CCCCC2)c1.Cc1cc(C)cc(NC(=O)OC2CCCCCC3C(c4ccccc4N)=NN=C(c4ccccc4N)C23)c1.N#N.Nc1ccccc1-c1nnc(-c2ccccc2N)c2c1CCCCCC2.Nc1ccccc1-c1nnc(-c2ccccc2N)nn1.O=C=O. The van der Waals surface area contributed by atoms with Crippen LogP contribution in [0.4, 0.5) is 60.8 Å². The lowest BCUT2D eigenvalue weighted by Crippen LogP contribution is -2.45. The molecule has 0 saturated heterocycles. The molecule has 0 spiro atoms. The van der Waals surface area contributed by atoms with E-state index in [-0.39, 0.29) is 30.2 Å². The summed E-state index contributed by atoms with van der Waals surface area (Å²) < 4.78 is 11.7.